The Kier molecular flexibility index (Phi) is 5.94. The first-order valence-electron chi connectivity index (χ1n) is 10.1. The number of nitrogens with one attached hydrogen (secondary N) is 1. The van der Waals surface area contributed by atoms with E-state index in [1.807, 2.05) is 32.0 Å². The fraction of sp³-hybridized carbons (Fsp3) is 0.364. The Morgan fingerprint density at radius 1 is 1.23 bits per heavy atom. The van der Waals surface area contributed by atoms with Crippen LogP contribution in [0.4, 0.5) is 5.69 Å². The Hall–Kier alpha value is -3.00. The van der Waals surface area contributed by atoms with Crippen LogP contribution in [0.1, 0.15) is 59.1 Å². The molecule has 0 radical (unpaired) electrons. The highest BCUT2D eigenvalue weighted by Crippen LogP contribution is 2.33. The molecule has 2 heterocycles. The summed E-state index contributed by atoms with van der Waals surface area (Å²) in [5.41, 5.74) is 2.71. The molecule has 3 aromatic rings. The van der Waals surface area contributed by atoms with Gasteiger partial charge < -0.3 is 9.73 Å². The minimum atomic E-state index is -0.949. The second kappa shape index (κ2) is 8.79. The van der Waals surface area contributed by atoms with Crippen molar-refractivity contribution < 1.29 is 14.0 Å². The average Bonchev–Trinajstić information content (AvgIpc) is 3.50. The zero-order valence-electron chi connectivity index (χ0n) is 17.0. The van der Waals surface area contributed by atoms with Crippen molar-refractivity contribution in [2.24, 2.45) is 0 Å². The van der Waals surface area contributed by atoms with Crippen molar-refractivity contribution in [2.45, 2.75) is 51.6 Å². The van der Waals surface area contributed by atoms with E-state index >= 15 is 0 Å². The first-order valence-corrected chi connectivity index (χ1v) is 10.9. The minimum Gasteiger partial charge on any atom is -0.467 e. The van der Waals surface area contributed by atoms with Crippen molar-refractivity contribution in [3.05, 3.63) is 64.6 Å². The zero-order chi connectivity index (χ0) is 21.1. The SMILES string of the molecule is Cc1ccc(C)c(N(C(=O)c2csnn2)[C@@H](C(=O)NC2CCCC2)c2ccco2)c1. The zero-order valence-corrected chi connectivity index (χ0v) is 17.8. The van der Waals surface area contributed by atoms with Gasteiger partial charge >= 0.3 is 0 Å². The number of aromatic nitrogens is 2. The van der Waals surface area contributed by atoms with Gasteiger partial charge in [0.1, 0.15) is 5.76 Å². The van der Waals surface area contributed by atoms with Gasteiger partial charge in [0.25, 0.3) is 11.8 Å². The molecule has 1 N–H and O–H groups in total. The predicted octanol–water partition coefficient (Wildman–Crippen LogP) is 4.19. The third-order valence-electron chi connectivity index (χ3n) is 5.44. The summed E-state index contributed by atoms with van der Waals surface area (Å²) < 4.78 is 9.46. The van der Waals surface area contributed by atoms with E-state index in [1.165, 1.54) is 11.2 Å². The number of carbonyl (C=O) groups excluding carboxylic acids is 2. The second-order valence-corrected chi connectivity index (χ2v) is 8.27. The van der Waals surface area contributed by atoms with E-state index in [1.54, 1.807) is 17.5 Å². The number of hydrogen-bond acceptors (Lipinski definition) is 6. The quantitative estimate of drug-likeness (QED) is 0.641. The van der Waals surface area contributed by atoms with Crippen molar-refractivity contribution >= 4 is 29.0 Å². The number of amides is 2. The molecule has 2 aromatic heterocycles. The highest BCUT2D eigenvalue weighted by Gasteiger charge is 2.38. The number of anilines is 1. The molecule has 0 saturated heterocycles. The molecule has 0 unspecified atom stereocenters. The lowest BCUT2D eigenvalue weighted by atomic mass is 10.0. The van der Waals surface area contributed by atoms with Crippen LogP contribution >= 0.6 is 11.5 Å². The normalized spacial score (nSPS) is 15.1. The Morgan fingerprint density at radius 3 is 2.70 bits per heavy atom. The van der Waals surface area contributed by atoms with Gasteiger partial charge in [-0.1, -0.05) is 29.5 Å². The van der Waals surface area contributed by atoms with E-state index in [4.69, 9.17) is 4.42 Å². The number of rotatable bonds is 6. The predicted molar refractivity (Wildman–Crippen MR) is 114 cm³/mol. The molecule has 2 amide bonds. The van der Waals surface area contributed by atoms with Crippen LogP contribution in [-0.4, -0.2) is 27.4 Å². The molecule has 0 bridgehead atoms. The lowest BCUT2D eigenvalue weighted by Gasteiger charge is -2.31. The van der Waals surface area contributed by atoms with Gasteiger partial charge in [0, 0.05) is 17.1 Å². The summed E-state index contributed by atoms with van der Waals surface area (Å²) in [6.45, 7) is 3.87. The molecule has 30 heavy (non-hydrogen) atoms. The van der Waals surface area contributed by atoms with Gasteiger partial charge in [-0.2, -0.15) is 0 Å². The van der Waals surface area contributed by atoms with E-state index in [0.29, 0.717) is 11.4 Å². The molecule has 1 aliphatic carbocycles. The number of furan rings is 1. The molecular formula is C22H24N4O3S. The molecule has 0 aliphatic heterocycles. The molecule has 7 nitrogen and oxygen atoms in total. The third-order valence-corrected chi connectivity index (χ3v) is 5.95. The monoisotopic (exact) mass is 424 g/mol. The van der Waals surface area contributed by atoms with Crippen molar-refractivity contribution in [1.82, 2.24) is 14.9 Å². The maximum absolute atomic E-state index is 13.6. The average molecular weight is 425 g/mol. The molecule has 1 atom stereocenters. The fourth-order valence-corrected chi connectivity index (χ4v) is 4.33. The summed E-state index contributed by atoms with van der Waals surface area (Å²) >= 11 is 1.10. The molecule has 1 saturated carbocycles. The van der Waals surface area contributed by atoms with Crippen LogP contribution in [0, 0.1) is 13.8 Å². The van der Waals surface area contributed by atoms with Crippen LogP contribution in [0.3, 0.4) is 0 Å². The van der Waals surface area contributed by atoms with Gasteiger partial charge in [-0.3, -0.25) is 14.5 Å². The lowest BCUT2D eigenvalue weighted by molar-refractivity contribution is -0.123. The largest absolute Gasteiger partial charge is 0.467 e. The van der Waals surface area contributed by atoms with Crippen molar-refractivity contribution in [1.29, 1.82) is 0 Å². The summed E-state index contributed by atoms with van der Waals surface area (Å²) in [6, 6.07) is 8.45. The number of aryl methyl sites for hydroxylation is 2. The van der Waals surface area contributed by atoms with E-state index in [0.717, 1.165) is 48.3 Å². The smallest absolute Gasteiger partial charge is 0.280 e. The highest BCUT2D eigenvalue weighted by atomic mass is 32.1. The molecule has 8 heteroatoms. The first kappa shape index (κ1) is 20.3. The number of nitrogens with zero attached hydrogens (tertiary/aromatic N) is 3. The maximum Gasteiger partial charge on any atom is 0.280 e. The molecule has 156 valence electrons. The van der Waals surface area contributed by atoms with E-state index in [-0.39, 0.29) is 23.6 Å². The Labute approximate surface area is 179 Å². The molecule has 1 aliphatic rings. The highest BCUT2D eigenvalue weighted by molar-refractivity contribution is 7.03. The van der Waals surface area contributed by atoms with Crippen LogP contribution in [0.5, 0.6) is 0 Å². The van der Waals surface area contributed by atoms with Crippen molar-refractivity contribution in [2.75, 3.05) is 4.90 Å². The molecular weight excluding hydrogens is 400 g/mol. The Bertz CT molecular complexity index is 1010. The minimum absolute atomic E-state index is 0.117. The summed E-state index contributed by atoms with van der Waals surface area (Å²) in [6.07, 6.45) is 5.61. The van der Waals surface area contributed by atoms with Gasteiger partial charge in [0.15, 0.2) is 11.7 Å². The van der Waals surface area contributed by atoms with Gasteiger partial charge in [-0.05, 0) is 67.5 Å². The van der Waals surface area contributed by atoms with Crippen LogP contribution in [0.15, 0.2) is 46.4 Å². The lowest BCUT2D eigenvalue weighted by Crippen LogP contribution is -2.46. The van der Waals surface area contributed by atoms with Gasteiger partial charge in [0.2, 0.25) is 0 Å². The van der Waals surface area contributed by atoms with Gasteiger partial charge in [0.05, 0.1) is 6.26 Å². The third kappa shape index (κ3) is 4.14. The molecule has 1 fully saturated rings. The summed E-state index contributed by atoms with van der Waals surface area (Å²) in [4.78, 5) is 28.5. The van der Waals surface area contributed by atoms with E-state index < -0.39 is 6.04 Å². The van der Waals surface area contributed by atoms with E-state index in [9.17, 15) is 9.59 Å². The molecule has 0 spiro atoms. The Balaban J connectivity index is 1.81. The van der Waals surface area contributed by atoms with Crippen LogP contribution in [-0.2, 0) is 4.79 Å². The molecule has 4 rings (SSSR count). The van der Waals surface area contributed by atoms with Crippen LogP contribution < -0.4 is 10.2 Å². The van der Waals surface area contributed by atoms with Crippen LogP contribution in [0.25, 0.3) is 0 Å². The number of benzene rings is 1. The summed E-state index contributed by atoms with van der Waals surface area (Å²) in [7, 11) is 0. The van der Waals surface area contributed by atoms with E-state index in [2.05, 4.69) is 14.9 Å². The van der Waals surface area contributed by atoms with Gasteiger partial charge in [-0.25, -0.2) is 0 Å². The first-order chi connectivity index (χ1) is 14.5. The Morgan fingerprint density at radius 2 is 2.03 bits per heavy atom. The number of carbonyl (C=O) groups is 2. The fourth-order valence-electron chi connectivity index (χ4n) is 3.90. The van der Waals surface area contributed by atoms with Crippen LogP contribution in [0.2, 0.25) is 0 Å². The van der Waals surface area contributed by atoms with Crippen molar-refractivity contribution in [3.8, 4) is 0 Å². The summed E-state index contributed by atoms with van der Waals surface area (Å²) in [5.74, 6) is -0.238. The standard InChI is InChI=1S/C22H24N4O3S/c1-14-9-10-15(2)18(12-14)26(22(28)17-13-30-25-24-17)20(19-8-5-11-29-19)21(27)23-16-6-3-4-7-16/h5,8-13,16,20H,3-4,6-7H2,1-2H3,(H,23,27)/t20-/m1/s1. The molecule has 1 aromatic carbocycles. The summed E-state index contributed by atoms with van der Waals surface area (Å²) in [5, 5.41) is 8.67. The second-order valence-electron chi connectivity index (χ2n) is 7.66. The van der Waals surface area contributed by atoms with Crippen molar-refractivity contribution in [3.63, 3.8) is 0 Å². The number of hydrogen-bond donors (Lipinski definition) is 1. The topological polar surface area (TPSA) is 88.3 Å². The maximum atomic E-state index is 13.6. The van der Waals surface area contributed by atoms with Gasteiger partial charge in [-0.15, -0.1) is 5.10 Å².